The zero-order valence-corrected chi connectivity index (χ0v) is 27.9. The minimum Gasteiger partial charge on any atom is -0.497 e. The molecule has 2 aromatic carbocycles. The Kier molecular flexibility index (Phi) is 11.9. The van der Waals surface area contributed by atoms with E-state index >= 15 is 0 Å². The molecule has 0 radical (unpaired) electrons. The second kappa shape index (κ2) is 15.4. The fraction of sp³-hybridized carbons (Fsp3) is 0.441. The van der Waals surface area contributed by atoms with Crippen LogP contribution >= 0.6 is 0 Å². The summed E-state index contributed by atoms with van der Waals surface area (Å²) in [6.07, 6.45) is 3.93. The summed E-state index contributed by atoms with van der Waals surface area (Å²) in [7, 11) is 4.90. The highest BCUT2D eigenvalue weighted by molar-refractivity contribution is 5.98. The number of nitrogens with zero attached hydrogens (tertiary/aromatic N) is 3. The number of benzene rings is 2. The van der Waals surface area contributed by atoms with Gasteiger partial charge in [-0.3, -0.25) is 14.4 Å². The van der Waals surface area contributed by atoms with E-state index in [2.05, 4.69) is 20.9 Å². The first kappa shape index (κ1) is 35.6. The third-order valence-electron chi connectivity index (χ3n) is 7.06. The monoisotopic (exact) mass is 634 g/mol. The molecule has 3 N–H and O–H groups in total. The molecule has 12 nitrogen and oxygen atoms in total. The molecule has 3 rings (SSSR count). The van der Waals surface area contributed by atoms with Gasteiger partial charge < -0.3 is 34.9 Å². The molecule has 0 aliphatic rings. The van der Waals surface area contributed by atoms with Crippen molar-refractivity contribution in [3.8, 4) is 5.75 Å². The van der Waals surface area contributed by atoms with Crippen molar-refractivity contribution in [2.45, 2.75) is 77.1 Å². The number of rotatable bonds is 13. The molecule has 2 atom stereocenters. The standard InChI is InChI=1S/C34H46N6O6/c1-33(2,3)46-32(44)38-34(4,5)31(43)36-26(16-12-15-23-13-10-9-11-14-23)29(41)37-27-21-40(22-35-27)28(30(42)39(6)7)24-17-19-25(45-8)20-18-24/h9-11,13-14,17-22,26,28H,12,15-16H2,1-8H3,(H,36,43)(H,37,41)(H,38,44)/t26-,28?/m1/s1. The number of nitrogens with one attached hydrogen (secondary N) is 3. The van der Waals surface area contributed by atoms with Crippen LogP contribution in [-0.4, -0.2) is 76.7 Å². The van der Waals surface area contributed by atoms with E-state index in [9.17, 15) is 19.2 Å². The van der Waals surface area contributed by atoms with Crippen LogP contribution in [0.1, 0.15) is 64.6 Å². The molecule has 248 valence electrons. The van der Waals surface area contributed by atoms with Crippen LogP contribution in [0.25, 0.3) is 0 Å². The largest absolute Gasteiger partial charge is 0.497 e. The third kappa shape index (κ3) is 10.4. The van der Waals surface area contributed by atoms with Gasteiger partial charge in [0.25, 0.3) is 0 Å². The molecule has 1 heterocycles. The topological polar surface area (TPSA) is 144 Å². The number of amides is 4. The first-order valence-electron chi connectivity index (χ1n) is 15.1. The Hall–Kier alpha value is -4.87. The molecule has 1 aromatic heterocycles. The number of imidazole rings is 1. The van der Waals surface area contributed by atoms with Crippen molar-refractivity contribution >= 4 is 29.6 Å². The normalized spacial score (nSPS) is 12.8. The van der Waals surface area contributed by atoms with Crippen molar-refractivity contribution < 1.29 is 28.7 Å². The Bertz CT molecular complexity index is 1480. The molecule has 4 amide bonds. The highest BCUT2D eigenvalue weighted by atomic mass is 16.6. The van der Waals surface area contributed by atoms with Crippen LogP contribution in [0.4, 0.5) is 10.6 Å². The van der Waals surface area contributed by atoms with Gasteiger partial charge in [-0.05, 0) is 77.1 Å². The van der Waals surface area contributed by atoms with Gasteiger partial charge in [0.05, 0.1) is 13.4 Å². The van der Waals surface area contributed by atoms with E-state index in [1.54, 1.807) is 77.0 Å². The van der Waals surface area contributed by atoms with E-state index < -0.39 is 41.1 Å². The van der Waals surface area contributed by atoms with Crippen LogP contribution in [0.3, 0.4) is 0 Å². The molecule has 0 aliphatic heterocycles. The van der Waals surface area contributed by atoms with Crippen LogP contribution < -0.4 is 20.7 Å². The van der Waals surface area contributed by atoms with Gasteiger partial charge in [0.15, 0.2) is 5.82 Å². The number of anilines is 1. The number of carbonyl (C=O) groups is 4. The van der Waals surface area contributed by atoms with E-state index in [1.807, 2.05) is 30.3 Å². The van der Waals surface area contributed by atoms with E-state index in [1.165, 1.54) is 25.1 Å². The molecule has 0 bridgehead atoms. The van der Waals surface area contributed by atoms with Crippen molar-refractivity contribution in [2.24, 2.45) is 0 Å². The number of hydrogen-bond acceptors (Lipinski definition) is 7. The first-order chi connectivity index (χ1) is 21.6. The summed E-state index contributed by atoms with van der Waals surface area (Å²) < 4.78 is 12.2. The highest BCUT2D eigenvalue weighted by Gasteiger charge is 2.34. The Balaban J connectivity index is 1.80. The number of aryl methyl sites for hydroxylation is 1. The third-order valence-corrected chi connectivity index (χ3v) is 7.06. The number of ether oxygens (including phenoxy) is 2. The first-order valence-corrected chi connectivity index (χ1v) is 15.1. The molecule has 0 spiro atoms. The van der Waals surface area contributed by atoms with E-state index in [0.29, 0.717) is 30.6 Å². The van der Waals surface area contributed by atoms with E-state index in [-0.39, 0.29) is 11.7 Å². The number of aromatic nitrogens is 2. The van der Waals surface area contributed by atoms with Crippen LogP contribution in [0.5, 0.6) is 5.75 Å². The summed E-state index contributed by atoms with van der Waals surface area (Å²) >= 11 is 0. The molecule has 0 aliphatic carbocycles. The fourth-order valence-corrected chi connectivity index (χ4v) is 4.61. The lowest BCUT2D eigenvalue weighted by atomic mass is 10.0. The predicted molar refractivity (Wildman–Crippen MR) is 175 cm³/mol. The Morgan fingerprint density at radius 3 is 2.20 bits per heavy atom. The van der Waals surface area contributed by atoms with Crippen molar-refractivity contribution in [3.63, 3.8) is 0 Å². The maximum atomic E-state index is 13.6. The van der Waals surface area contributed by atoms with E-state index in [4.69, 9.17) is 9.47 Å². The lowest BCUT2D eigenvalue weighted by Gasteiger charge is -2.29. The van der Waals surface area contributed by atoms with Gasteiger partial charge in [-0.25, -0.2) is 9.78 Å². The molecule has 3 aromatic rings. The average molecular weight is 635 g/mol. The van der Waals surface area contributed by atoms with Crippen LogP contribution in [0, 0.1) is 0 Å². The minimum absolute atomic E-state index is 0.189. The lowest BCUT2D eigenvalue weighted by molar-refractivity contribution is -0.131. The van der Waals surface area contributed by atoms with Crippen LogP contribution in [-0.2, 0) is 25.5 Å². The Morgan fingerprint density at radius 1 is 0.957 bits per heavy atom. The molecular formula is C34H46N6O6. The van der Waals surface area contributed by atoms with Crippen LogP contribution in [0.15, 0.2) is 67.1 Å². The summed E-state index contributed by atoms with van der Waals surface area (Å²) in [5.41, 5.74) is -0.307. The summed E-state index contributed by atoms with van der Waals surface area (Å²) in [6, 6.07) is 15.3. The molecule has 1 unspecified atom stereocenters. The number of methoxy groups -OCH3 is 1. The van der Waals surface area contributed by atoms with Crippen molar-refractivity contribution in [1.82, 2.24) is 25.1 Å². The SMILES string of the molecule is COc1ccc(C(C(=O)N(C)C)n2cnc(NC(=O)[C@@H](CCCc3ccccc3)NC(=O)C(C)(C)NC(=O)OC(C)(C)C)c2)cc1. The molecule has 12 heteroatoms. The summed E-state index contributed by atoms with van der Waals surface area (Å²) in [5.74, 6) is -0.363. The molecule has 0 saturated heterocycles. The lowest BCUT2D eigenvalue weighted by Crippen LogP contribution is -2.58. The van der Waals surface area contributed by atoms with Crippen molar-refractivity contribution in [3.05, 3.63) is 78.2 Å². The molecular weight excluding hydrogens is 588 g/mol. The zero-order chi connectivity index (χ0) is 34.1. The van der Waals surface area contributed by atoms with Gasteiger partial charge in [0.1, 0.15) is 29.0 Å². The van der Waals surface area contributed by atoms with Gasteiger partial charge in [0, 0.05) is 20.3 Å². The molecule has 46 heavy (non-hydrogen) atoms. The Morgan fingerprint density at radius 2 is 1.61 bits per heavy atom. The maximum absolute atomic E-state index is 13.6. The molecule has 0 saturated carbocycles. The second-order valence-electron chi connectivity index (χ2n) is 12.8. The smallest absolute Gasteiger partial charge is 0.408 e. The van der Waals surface area contributed by atoms with Gasteiger partial charge in [-0.15, -0.1) is 0 Å². The highest BCUT2D eigenvalue weighted by Crippen LogP contribution is 2.24. The van der Waals surface area contributed by atoms with Crippen molar-refractivity contribution in [1.29, 1.82) is 0 Å². The summed E-state index contributed by atoms with van der Waals surface area (Å²) in [6.45, 7) is 8.25. The number of carbonyl (C=O) groups excluding carboxylic acids is 4. The van der Waals surface area contributed by atoms with Gasteiger partial charge in [0.2, 0.25) is 17.7 Å². The quantitative estimate of drug-likeness (QED) is 0.254. The fourth-order valence-electron chi connectivity index (χ4n) is 4.61. The summed E-state index contributed by atoms with van der Waals surface area (Å²) in [5, 5.41) is 8.17. The summed E-state index contributed by atoms with van der Waals surface area (Å²) in [4.78, 5) is 58.4. The Labute approximate surface area is 270 Å². The average Bonchev–Trinajstić information content (AvgIpc) is 3.43. The van der Waals surface area contributed by atoms with Crippen LogP contribution in [0.2, 0.25) is 0 Å². The van der Waals surface area contributed by atoms with Crippen molar-refractivity contribution in [2.75, 3.05) is 26.5 Å². The number of hydrogen-bond donors (Lipinski definition) is 3. The number of likely N-dealkylation sites (N-methyl/N-ethyl adjacent to an activating group) is 1. The van der Waals surface area contributed by atoms with Gasteiger partial charge in [-0.1, -0.05) is 42.5 Å². The molecule has 0 fully saturated rings. The van der Waals surface area contributed by atoms with Gasteiger partial charge >= 0.3 is 6.09 Å². The van der Waals surface area contributed by atoms with Gasteiger partial charge in [-0.2, -0.15) is 0 Å². The number of alkyl carbamates (subject to hydrolysis) is 1. The minimum atomic E-state index is -1.38. The second-order valence-corrected chi connectivity index (χ2v) is 12.8. The maximum Gasteiger partial charge on any atom is 0.408 e. The van der Waals surface area contributed by atoms with E-state index in [0.717, 1.165) is 5.56 Å². The zero-order valence-electron chi connectivity index (χ0n) is 27.9. The predicted octanol–water partition coefficient (Wildman–Crippen LogP) is 4.32.